The number of aromatic nitrogens is 4. The molecular weight excluding hydrogens is 813 g/mol. The number of nitrogens with one attached hydrogen (secondary N) is 2. The Morgan fingerprint density at radius 2 is 1.68 bits per heavy atom. The summed E-state index contributed by atoms with van der Waals surface area (Å²) in [7, 11) is 4.61. The maximum absolute atomic E-state index is 15.0. The van der Waals surface area contributed by atoms with Gasteiger partial charge in [0.1, 0.15) is 28.6 Å². The normalized spacial score (nSPS) is 11.6. The summed E-state index contributed by atoms with van der Waals surface area (Å²) in [4.78, 5) is 37.5. The number of azo groups is 1. The van der Waals surface area contributed by atoms with Crippen LogP contribution in [-0.2, 0) is 13.6 Å². The number of ether oxygens (including phenoxy) is 2. The van der Waals surface area contributed by atoms with Crippen molar-refractivity contribution in [3.05, 3.63) is 165 Å². The second-order valence-corrected chi connectivity index (χ2v) is 14.3. The van der Waals surface area contributed by atoms with Gasteiger partial charge in [-0.15, -0.1) is 0 Å². The number of rotatable bonds is 10. The van der Waals surface area contributed by atoms with E-state index < -0.39 is 11.8 Å². The molecule has 0 bridgehead atoms. The van der Waals surface area contributed by atoms with E-state index in [0.717, 1.165) is 33.8 Å². The highest BCUT2D eigenvalue weighted by atomic mass is 35.5. The van der Waals surface area contributed by atoms with Gasteiger partial charge < -0.3 is 25.2 Å². The quantitative estimate of drug-likeness (QED) is 0.113. The summed E-state index contributed by atoms with van der Waals surface area (Å²) in [6.45, 7) is 4.12. The fourth-order valence-corrected chi connectivity index (χ4v) is 6.77. The summed E-state index contributed by atoms with van der Waals surface area (Å²) < 4.78 is 27.2. The number of carbonyl (C=O) groups excluding carboxylic acids is 1. The van der Waals surface area contributed by atoms with Crippen LogP contribution in [-0.4, -0.2) is 56.7 Å². The SMILES string of the molecule is COc1cc(Nc2ncc3c(n2)-c2ccc(Cl)cc2C(c2c(F)cccc2OC)=NC3)ccc1C(=O)O.Cc1ccccc1N=Nc1ccc(NC(=O)c2ccnn2C)c(C)c1. The van der Waals surface area contributed by atoms with Crippen LogP contribution in [0.4, 0.5) is 33.1 Å². The number of amides is 1. The predicted molar refractivity (Wildman–Crippen MR) is 236 cm³/mol. The van der Waals surface area contributed by atoms with Crippen LogP contribution in [0.5, 0.6) is 11.5 Å². The number of anilines is 3. The Labute approximate surface area is 360 Å². The van der Waals surface area contributed by atoms with Crippen LogP contribution in [0.25, 0.3) is 11.3 Å². The Hall–Kier alpha value is -7.78. The number of carboxylic acid groups (broad SMARTS) is 1. The average Bonchev–Trinajstić information content (AvgIpc) is 3.64. The lowest BCUT2D eigenvalue weighted by Crippen LogP contribution is -2.16. The summed E-state index contributed by atoms with van der Waals surface area (Å²) in [6, 6.07) is 29.5. The van der Waals surface area contributed by atoms with E-state index in [-0.39, 0.29) is 35.3 Å². The molecule has 62 heavy (non-hydrogen) atoms. The number of carboxylic acids is 1. The monoisotopic (exact) mass is 851 g/mol. The van der Waals surface area contributed by atoms with Crippen molar-refractivity contribution in [1.29, 1.82) is 0 Å². The molecule has 14 nitrogen and oxygen atoms in total. The molecule has 0 spiro atoms. The molecule has 0 atom stereocenters. The standard InChI is InChI=1S/C27H20ClFN4O4.C19H19N5O/c1-36-21-5-3-4-20(29)23(21)25-19-10-15(28)6-8-17(19)24-14(12-30-25)13-31-27(33-24)32-16-7-9-18(26(34)35)22(11-16)37-2;1-13-6-4-5-7-17(13)23-22-15-8-9-16(14(2)12-15)21-19(25)18-10-11-20-24(18)3/h3-11,13H,12H2,1-2H3,(H,34,35)(H,31,32,33);4-12H,1-3H3,(H,21,25). The van der Waals surface area contributed by atoms with Crippen molar-refractivity contribution in [2.75, 3.05) is 24.9 Å². The van der Waals surface area contributed by atoms with Gasteiger partial charge in [-0.25, -0.2) is 19.2 Å². The molecule has 3 heterocycles. The lowest BCUT2D eigenvalue weighted by Gasteiger charge is -2.15. The van der Waals surface area contributed by atoms with E-state index in [1.165, 1.54) is 31.0 Å². The lowest BCUT2D eigenvalue weighted by atomic mass is 9.94. The number of aryl methyl sites for hydroxylation is 3. The van der Waals surface area contributed by atoms with Gasteiger partial charge in [-0.3, -0.25) is 14.5 Å². The van der Waals surface area contributed by atoms with Gasteiger partial charge in [0.2, 0.25) is 5.95 Å². The highest BCUT2D eigenvalue weighted by Gasteiger charge is 2.26. The molecule has 1 amide bonds. The molecule has 3 N–H and O–H groups in total. The minimum Gasteiger partial charge on any atom is -0.496 e. The number of benzene rings is 5. The summed E-state index contributed by atoms with van der Waals surface area (Å²) in [5.41, 5.74) is 8.65. The lowest BCUT2D eigenvalue weighted by molar-refractivity contribution is 0.0693. The molecule has 0 saturated carbocycles. The number of carbonyl (C=O) groups is 2. The number of hydrogen-bond donors (Lipinski definition) is 3. The summed E-state index contributed by atoms with van der Waals surface area (Å²) in [6.07, 6.45) is 3.24. The minimum absolute atomic E-state index is 0.0370. The second kappa shape index (κ2) is 18.6. The Morgan fingerprint density at radius 3 is 2.40 bits per heavy atom. The number of halogens is 2. The van der Waals surface area contributed by atoms with Crippen LogP contribution in [0.3, 0.4) is 0 Å². The molecule has 1 aliphatic heterocycles. The van der Waals surface area contributed by atoms with Gasteiger partial charge in [-0.2, -0.15) is 15.3 Å². The van der Waals surface area contributed by atoms with Crippen molar-refractivity contribution < 1.29 is 28.6 Å². The highest BCUT2D eigenvalue weighted by molar-refractivity contribution is 6.31. The molecule has 2 aromatic heterocycles. The number of hydrogen-bond acceptors (Lipinski definition) is 11. The Kier molecular flexibility index (Phi) is 12.7. The third-order valence-electron chi connectivity index (χ3n) is 9.78. The molecule has 7 aromatic rings. The van der Waals surface area contributed by atoms with E-state index in [9.17, 15) is 14.7 Å². The van der Waals surface area contributed by atoms with E-state index in [1.54, 1.807) is 61.9 Å². The van der Waals surface area contributed by atoms with E-state index >= 15 is 4.39 Å². The van der Waals surface area contributed by atoms with Gasteiger partial charge in [0.05, 0.1) is 49.1 Å². The van der Waals surface area contributed by atoms with Crippen molar-refractivity contribution in [1.82, 2.24) is 19.7 Å². The van der Waals surface area contributed by atoms with Crippen molar-refractivity contribution in [2.45, 2.75) is 20.4 Å². The molecule has 16 heteroatoms. The van der Waals surface area contributed by atoms with Crippen molar-refractivity contribution in [3.63, 3.8) is 0 Å². The predicted octanol–water partition coefficient (Wildman–Crippen LogP) is 10.5. The summed E-state index contributed by atoms with van der Waals surface area (Å²) >= 11 is 6.35. The van der Waals surface area contributed by atoms with E-state index in [2.05, 4.69) is 30.9 Å². The largest absolute Gasteiger partial charge is 0.496 e. The van der Waals surface area contributed by atoms with Gasteiger partial charge in [0.25, 0.3) is 5.91 Å². The van der Waals surface area contributed by atoms with Gasteiger partial charge in [-0.1, -0.05) is 41.9 Å². The van der Waals surface area contributed by atoms with Crippen LogP contribution >= 0.6 is 11.6 Å². The number of nitrogens with zero attached hydrogens (tertiary/aromatic N) is 7. The van der Waals surface area contributed by atoms with E-state index in [1.807, 2.05) is 62.4 Å². The molecule has 0 fully saturated rings. The second-order valence-electron chi connectivity index (χ2n) is 13.9. The van der Waals surface area contributed by atoms with Gasteiger partial charge in [0.15, 0.2) is 0 Å². The summed E-state index contributed by atoms with van der Waals surface area (Å²) in [5.74, 6) is -0.939. The number of aliphatic imine (C=N–C) groups is 1. The first-order valence-electron chi connectivity index (χ1n) is 19.0. The van der Waals surface area contributed by atoms with Crippen molar-refractivity contribution >= 4 is 57.9 Å². The highest BCUT2D eigenvalue weighted by Crippen LogP contribution is 2.37. The molecule has 8 rings (SSSR count). The third kappa shape index (κ3) is 9.32. The topological polar surface area (TPSA) is 178 Å². The first-order chi connectivity index (χ1) is 29.9. The Bertz CT molecular complexity index is 2900. The molecule has 0 saturated heterocycles. The maximum Gasteiger partial charge on any atom is 0.339 e. The third-order valence-corrected chi connectivity index (χ3v) is 10.0. The molecule has 312 valence electrons. The number of fused-ring (bicyclic) bond motifs is 3. The van der Waals surface area contributed by atoms with Crippen LogP contribution in [0.1, 0.15) is 48.7 Å². The molecule has 0 unspecified atom stereocenters. The Morgan fingerprint density at radius 1 is 0.871 bits per heavy atom. The summed E-state index contributed by atoms with van der Waals surface area (Å²) in [5, 5.41) is 28.3. The first kappa shape index (κ1) is 42.3. The molecule has 0 aliphatic carbocycles. The molecule has 5 aromatic carbocycles. The minimum atomic E-state index is -1.10. The van der Waals surface area contributed by atoms with E-state index in [0.29, 0.717) is 44.7 Å². The zero-order valence-corrected chi connectivity index (χ0v) is 34.9. The van der Waals surface area contributed by atoms with Crippen LogP contribution < -0.4 is 20.1 Å². The zero-order valence-electron chi connectivity index (χ0n) is 34.1. The molecule has 1 aliphatic rings. The smallest absolute Gasteiger partial charge is 0.339 e. The first-order valence-corrected chi connectivity index (χ1v) is 19.4. The number of aromatic carboxylic acids is 1. The fourth-order valence-electron chi connectivity index (χ4n) is 6.60. The molecule has 0 radical (unpaired) electrons. The van der Waals surface area contributed by atoms with E-state index in [4.69, 9.17) is 31.1 Å². The number of methoxy groups -OCH3 is 2. The maximum atomic E-state index is 15.0. The zero-order chi connectivity index (χ0) is 43.9. The molecular formula is C46H39ClFN9O5. The van der Waals surface area contributed by atoms with Crippen molar-refractivity contribution in [3.8, 4) is 22.8 Å². The van der Waals surface area contributed by atoms with Gasteiger partial charge in [-0.05, 0) is 91.7 Å². The van der Waals surface area contributed by atoms with Gasteiger partial charge in [0, 0.05) is 58.6 Å². The average molecular weight is 852 g/mol. The van der Waals surface area contributed by atoms with Crippen LogP contribution in [0, 0.1) is 19.7 Å². The Balaban J connectivity index is 0.000000201. The van der Waals surface area contributed by atoms with Crippen molar-refractivity contribution in [2.24, 2.45) is 22.3 Å². The van der Waals surface area contributed by atoms with Gasteiger partial charge >= 0.3 is 5.97 Å². The fraction of sp³-hybridized carbons (Fsp3) is 0.130. The van der Waals surface area contributed by atoms with Crippen LogP contribution in [0.15, 0.2) is 131 Å². The van der Waals surface area contributed by atoms with Crippen LogP contribution in [0.2, 0.25) is 5.02 Å².